The number of carbonyl (C=O) groups is 2. The molecule has 0 aromatic heterocycles. The topological polar surface area (TPSA) is 63.6 Å². The molecule has 0 aliphatic heterocycles. The fourth-order valence-corrected chi connectivity index (χ4v) is 2.18. The number of carboxylic acid groups (broad SMARTS) is 1. The van der Waals surface area contributed by atoms with Crippen LogP contribution in [0.3, 0.4) is 0 Å². The Morgan fingerprint density at radius 1 is 0.885 bits per heavy atom. The highest BCUT2D eigenvalue weighted by Gasteiger charge is 2.73. The van der Waals surface area contributed by atoms with Crippen molar-refractivity contribution in [1.29, 1.82) is 0 Å². The second kappa shape index (κ2) is 7.59. The van der Waals surface area contributed by atoms with E-state index in [0.717, 1.165) is 0 Å². The molecule has 0 aliphatic carbocycles. The number of hydrogen-bond donors (Lipinski definition) is 1. The average Bonchev–Trinajstić information content (AvgIpc) is 2.50. The van der Waals surface area contributed by atoms with E-state index in [2.05, 4.69) is 4.74 Å². The SMILES string of the molecule is CCC(C)(CC(C)(CC)C(=O)OCC(F)(F)C(F)(F)C(F)(F)F)C(=O)O. The van der Waals surface area contributed by atoms with Crippen molar-refractivity contribution in [2.24, 2.45) is 10.8 Å². The smallest absolute Gasteiger partial charge is 0.460 e. The van der Waals surface area contributed by atoms with E-state index in [1.165, 1.54) is 27.7 Å². The van der Waals surface area contributed by atoms with Gasteiger partial charge in [0.05, 0.1) is 10.8 Å². The van der Waals surface area contributed by atoms with E-state index in [4.69, 9.17) is 0 Å². The lowest BCUT2D eigenvalue weighted by molar-refractivity contribution is -0.360. The molecule has 0 aliphatic rings. The molecule has 0 radical (unpaired) electrons. The molecule has 0 saturated carbocycles. The Morgan fingerprint density at radius 3 is 1.62 bits per heavy atom. The van der Waals surface area contributed by atoms with E-state index in [0.29, 0.717) is 0 Å². The van der Waals surface area contributed by atoms with E-state index in [9.17, 15) is 45.4 Å². The van der Waals surface area contributed by atoms with Crippen LogP contribution in [0.15, 0.2) is 0 Å². The van der Waals surface area contributed by atoms with Crippen molar-refractivity contribution in [1.82, 2.24) is 0 Å². The van der Waals surface area contributed by atoms with Gasteiger partial charge in [-0.05, 0) is 33.1 Å². The Bertz CT molecular complexity index is 533. The summed E-state index contributed by atoms with van der Waals surface area (Å²) >= 11 is 0. The molecule has 0 fully saturated rings. The van der Waals surface area contributed by atoms with Crippen molar-refractivity contribution < 1.29 is 50.2 Å². The molecule has 2 unspecified atom stereocenters. The van der Waals surface area contributed by atoms with Crippen molar-refractivity contribution >= 4 is 11.9 Å². The van der Waals surface area contributed by atoms with Gasteiger partial charge in [0, 0.05) is 0 Å². The number of halogens is 7. The molecule has 0 rings (SSSR count). The summed E-state index contributed by atoms with van der Waals surface area (Å²) in [5, 5.41) is 9.23. The number of aliphatic carboxylic acids is 1. The number of carbonyl (C=O) groups excluding carboxylic acids is 1. The van der Waals surface area contributed by atoms with E-state index in [1.54, 1.807) is 0 Å². The normalized spacial score (nSPS) is 18.0. The fourth-order valence-electron chi connectivity index (χ4n) is 2.18. The van der Waals surface area contributed by atoms with Crippen molar-refractivity contribution in [3.63, 3.8) is 0 Å². The zero-order chi connectivity index (χ0) is 21.2. The average molecular weight is 398 g/mol. The minimum absolute atomic E-state index is 0.0630. The number of esters is 1. The number of rotatable bonds is 9. The molecule has 0 amide bonds. The first-order valence-electron chi connectivity index (χ1n) is 7.63. The van der Waals surface area contributed by atoms with Gasteiger partial charge in [0.2, 0.25) is 0 Å². The molecule has 0 aromatic rings. The third kappa shape index (κ3) is 4.79. The quantitative estimate of drug-likeness (QED) is 0.453. The van der Waals surface area contributed by atoms with Crippen LogP contribution in [0.2, 0.25) is 0 Å². The van der Waals surface area contributed by atoms with Crippen molar-refractivity contribution in [3.8, 4) is 0 Å². The molecule has 154 valence electrons. The van der Waals surface area contributed by atoms with Gasteiger partial charge in [-0.25, -0.2) is 0 Å². The van der Waals surface area contributed by atoms with Crippen LogP contribution >= 0.6 is 0 Å². The minimum atomic E-state index is -6.53. The first-order valence-corrected chi connectivity index (χ1v) is 7.63. The van der Waals surface area contributed by atoms with Crippen molar-refractivity contribution in [3.05, 3.63) is 0 Å². The van der Waals surface area contributed by atoms with Gasteiger partial charge >= 0.3 is 30.0 Å². The standard InChI is InChI=1S/C15H21F7O4/c1-5-11(3,9(23)24)7-12(4,6-2)10(25)26-8-13(16,17)14(18,19)15(20,21)22/h5-8H2,1-4H3,(H,23,24). The highest BCUT2D eigenvalue weighted by Crippen LogP contribution is 2.47. The molecule has 0 spiro atoms. The van der Waals surface area contributed by atoms with Gasteiger partial charge in [-0.15, -0.1) is 0 Å². The predicted molar refractivity (Wildman–Crippen MR) is 76.0 cm³/mol. The summed E-state index contributed by atoms with van der Waals surface area (Å²) in [5.74, 6) is -14.8. The van der Waals surface area contributed by atoms with E-state index in [1.807, 2.05) is 0 Å². The lowest BCUT2D eigenvalue weighted by atomic mass is 9.70. The summed E-state index contributed by atoms with van der Waals surface area (Å²) in [7, 11) is 0. The number of ether oxygens (including phenoxy) is 1. The molecule has 4 nitrogen and oxygen atoms in total. The maximum atomic E-state index is 13.2. The lowest BCUT2D eigenvalue weighted by Gasteiger charge is -2.35. The third-order valence-electron chi connectivity index (χ3n) is 4.55. The zero-order valence-electron chi connectivity index (χ0n) is 14.6. The van der Waals surface area contributed by atoms with Gasteiger partial charge in [-0.2, -0.15) is 30.7 Å². The largest absolute Gasteiger partial charge is 0.481 e. The molecule has 0 saturated heterocycles. The molecule has 2 atom stereocenters. The van der Waals surface area contributed by atoms with Crippen LogP contribution in [-0.2, 0) is 14.3 Å². The lowest BCUT2D eigenvalue weighted by Crippen LogP contribution is -2.54. The summed E-state index contributed by atoms with van der Waals surface area (Å²) in [5.41, 5.74) is -3.10. The Labute approximate surface area is 145 Å². The van der Waals surface area contributed by atoms with Gasteiger partial charge in [-0.3, -0.25) is 9.59 Å². The molecule has 11 heteroatoms. The number of hydrogen-bond acceptors (Lipinski definition) is 3. The van der Waals surface area contributed by atoms with Crippen LogP contribution in [-0.4, -0.2) is 41.7 Å². The van der Waals surface area contributed by atoms with Crippen LogP contribution in [0.25, 0.3) is 0 Å². The van der Waals surface area contributed by atoms with Gasteiger partial charge < -0.3 is 9.84 Å². The second-order valence-electron chi connectivity index (χ2n) is 6.66. The van der Waals surface area contributed by atoms with Crippen LogP contribution in [0.4, 0.5) is 30.7 Å². The van der Waals surface area contributed by atoms with Crippen molar-refractivity contribution in [2.45, 2.75) is 65.0 Å². The summed E-state index contributed by atoms with van der Waals surface area (Å²) in [6, 6.07) is 0. The summed E-state index contributed by atoms with van der Waals surface area (Å²) in [6.45, 7) is 2.90. The number of alkyl halides is 7. The Kier molecular flexibility index (Phi) is 7.14. The summed E-state index contributed by atoms with van der Waals surface area (Å²) in [6.07, 6.45) is -6.94. The maximum Gasteiger partial charge on any atom is 0.460 e. The highest BCUT2D eigenvalue weighted by atomic mass is 19.4. The molecular weight excluding hydrogens is 377 g/mol. The Balaban J connectivity index is 5.38. The monoisotopic (exact) mass is 398 g/mol. The first-order chi connectivity index (χ1) is 11.4. The number of carboxylic acids is 1. The minimum Gasteiger partial charge on any atom is -0.481 e. The molecule has 0 aromatic carbocycles. The molecule has 0 bridgehead atoms. The summed E-state index contributed by atoms with van der Waals surface area (Å²) in [4.78, 5) is 23.4. The van der Waals surface area contributed by atoms with Gasteiger partial charge in [-0.1, -0.05) is 13.8 Å². The fraction of sp³-hybridized carbons (Fsp3) is 0.867. The molecule has 0 heterocycles. The predicted octanol–water partition coefficient (Wildman–Crippen LogP) is 4.67. The molecule has 1 N–H and O–H groups in total. The van der Waals surface area contributed by atoms with E-state index >= 15 is 0 Å². The Morgan fingerprint density at radius 2 is 1.31 bits per heavy atom. The second-order valence-corrected chi connectivity index (χ2v) is 6.66. The van der Waals surface area contributed by atoms with Crippen LogP contribution < -0.4 is 0 Å². The third-order valence-corrected chi connectivity index (χ3v) is 4.55. The van der Waals surface area contributed by atoms with Gasteiger partial charge in [0.25, 0.3) is 0 Å². The van der Waals surface area contributed by atoms with Crippen LogP contribution in [0, 0.1) is 10.8 Å². The van der Waals surface area contributed by atoms with Crippen LogP contribution in [0.5, 0.6) is 0 Å². The zero-order valence-corrected chi connectivity index (χ0v) is 14.6. The highest BCUT2D eigenvalue weighted by molar-refractivity contribution is 5.79. The van der Waals surface area contributed by atoms with Gasteiger partial charge in [0.15, 0.2) is 6.61 Å². The summed E-state index contributed by atoms with van der Waals surface area (Å²) < 4.78 is 92.4. The van der Waals surface area contributed by atoms with E-state index in [-0.39, 0.29) is 19.3 Å². The van der Waals surface area contributed by atoms with Crippen LogP contribution in [0.1, 0.15) is 47.0 Å². The molecule has 26 heavy (non-hydrogen) atoms. The van der Waals surface area contributed by atoms with E-state index < -0.39 is 47.4 Å². The van der Waals surface area contributed by atoms with Gasteiger partial charge in [0.1, 0.15) is 0 Å². The first kappa shape index (κ1) is 24.5. The molecular formula is C15H21F7O4. The van der Waals surface area contributed by atoms with Crippen molar-refractivity contribution in [2.75, 3.05) is 6.61 Å². The maximum absolute atomic E-state index is 13.2. The Hall–Kier alpha value is -1.55.